The zero-order valence-corrected chi connectivity index (χ0v) is 16.6. The van der Waals surface area contributed by atoms with E-state index in [1.807, 2.05) is 71.4 Å². The van der Waals surface area contributed by atoms with Crippen molar-refractivity contribution in [2.24, 2.45) is 0 Å². The van der Waals surface area contributed by atoms with E-state index in [4.69, 9.17) is 4.74 Å². The molecule has 1 amide bonds. The van der Waals surface area contributed by atoms with Gasteiger partial charge in [0.25, 0.3) is 0 Å². The Morgan fingerprint density at radius 1 is 1.00 bits per heavy atom. The van der Waals surface area contributed by atoms with Crippen molar-refractivity contribution in [1.82, 2.24) is 14.3 Å². The first kappa shape index (κ1) is 19.4. The summed E-state index contributed by atoms with van der Waals surface area (Å²) in [5.41, 5.74) is 2.55. The number of ether oxygens (including phenoxy) is 1. The standard InChI is InChI=1S/C23H22N4O3/c1-2-30-23(29)16-27-21(14-19(25-27)17-8-4-3-5-9-17)24-22(28)15-26-13-12-18-10-6-7-11-20(18)26/h3-14H,2,15-16H2,1H3,(H,24,28). The zero-order valence-electron chi connectivity index (χ0n) is 16.6. The van der Waals surface area contributed by atoms with E-state index in [0.29, 0.717) is 11.5 Å². The Morgan fingerprint density at radius 2 is 1.77 bits per heavy atom. The van der Waals surface area contributed by atoms with E-state index in [9.17, 15) is 9.59 Å². The Hall–Kier alpha value is -3.87. The average molecular weight is 402 g/mol. The average Bonchev–Trinajstić information content (AvgIpc) is 3.33. The molecule has 1 N–H and O–H groups in total. The molecule has 2 aromatic carbocycles. The minimum Gasteiger partial charge on any atom is -0.465 e. The van der Waals surface area contributed by atoms with E-state index in [0.717, 1.165) is 16.5 Å². The van der Waals surface area contributed by atoms with Gasteiger partial charge in [-0.15, -0.1) is 0 Å². The van der Waals surface area contributed by atoms with Crippen LogP contribution in [-0.4, -0.2) is 32.8 Å². The van der Waals surface area contributed by atoms with E-state index in [1.165, 1.54) is 4.68 Å². The van der Waals surface area contributed by atoms with Crippen molar-refractivity contribution in [3.63, 3.8) is 0 Å². The highest BCUT2D eigenvalue weighted by Gasteiger charge is 2.16. The van der Waals surface area contributed by atoms with Gasteiger partial charge in [-0.2, -0.15) is 5.10 Å². The molecular formula is C23H22N4O3. The van der Waals surface area contributed by atoms with Crippen LogP contribution >= 0.6 is 0 Å². The largest absolute Gasteiger partial charge is 0.465 e. The van der Waals surface area contributed by atoms with Gasteiger partial charge in [0.1, 0.15) is 18.9 Å². The number of nitrogens with one attached hydrogen (secondary N) is 1. The number of esters is 1. The first-order chi connectivity index (χ1) is 14.6. The summed E-state index contributed by atoms with van der Waals surface area (Å²) < 4.78 is 8.39. The van der Waals surface area contributed by atoms with Gasteiger partial charge in [0.15, 0.2) is 0 Å². The number of aromatic nitrogens is 3. The van der Waals surface area contributed by atoms with E-state index in [-0.39, 0.29) is 25.6 Å². The zero-order chi connectivity index (χ0) is 20.9. The van der Waals surface area contributed by atoms with Crippen LogP contribution in [0, 0.1) is 0 Å². The number of fused-ring (bicyclic) bond motifs is 1. The molecular weight excluding hydrogens is 380 g/mol. The maximum atomic E-state index is 12.7. The Labute approximate surface area is 173 Å². The van der Waals surface area contributed by atoms with Crippen molar-refractivity contribution >= 4 is 28.6 Å². The number of para-hydroxylation sites is 1. The Morgan fingerprint density at radius 3 is 2.57 bits per heavy atom. The van der Waals surface area contributed by atoms with Crippen LogP contribution in [0.1, 0.15) is 6.92 Å². The summed E-state index contributed by atoms with van der Waals surface area (Å²) in [6, 6.07) is 21.2. The number of amides is 1. The first-order valence-electron chi connectivity index (χ1n) is 9.76. The highest BCUT2D eigenvalue weighted by Crippen LogP contribution is 2.22. The van der Waals surface area contributed by atoms with Gasteiger partial charge in [-0.25, -0.2) is 4.68 Å². The summed E-state index contributed by atoms with van der Waals surface area (Å²) in [4.78, 5) is 24.7. The molecule has 2 aromatic heterocycles. The molecule has 7 nitrogen and oxygen atoms in total. The minimum atomic E-state index is -0.410. The SMILES string of the molecule is CCOC(=O)Cn1nc(-c2ccccc2)cc1NC(=O)Cn1ccc2ccccc21. The second-order valence-electron chi connectivity index (χ2n) is 6.79. The minimum absolute atomic E-state index is 0.0806. The van der Waals surface area contributed by atoms with Crippen molar-refractivity contribution in [2.75, 3.05) is 11.9 Å². The fraction of sp³-hybridized carbons (Fsp3) is 0.174. The summed E-state index contributed by atoms with van der Waals surface area (Å²) in [7, 11) is 0. The lowest BCUT2D eigenvalue weighted by Gasteiger charge is -2.09. The van der Waals surface area contributed by atoms with Crippen LogP contribution in [0.5, 0.6) is 0 Å². The molecule has 2 heterocycles. The maximum absolute atomic E-state index is 12.7. The molecule has 4 aromatic rings. The molecule has 0 bridgehead atoms. The molecule has 0 saturated carbocycles. The topological polar surface area (TPSA) is 78.2 Å². The van der Waals surface area contributed by atoms with Crippen molar-refractivity contribution in [2.45, 2.75) is 20.0 Å². The number of rotatable bonds is 7. The van der Waals surface area contributed by atoms with Gasteiger partial charge in [-0.05, 0) is 24.4 Å². The monoisotopic (exact) mass is 402 g/mol. The van der Waals surface area contributed by atoms with E-state index in [2.05, 4.69) is 10.4 Å². The summed E-state index contributed by atoms with van der Waals surface area (Å²) in [6.45, 7) is 2.11. The Bertz CT molecular complexity index is 1180. The molecule has 0 spiro atoms. The lowest BCUT2D eigenvalue weighted by Crippen LogP contribution is -2.22. The number of hydrogen-bond donors (Lipinski definition) is 1. The second-order valence-corrected chi connectivity index (χ2v) is 6.79. The van der Waals surface area contributed by atoms with Crippen LogP contribution in [0.4, 0.5) is 5.82 Å². The van der Waals surface area contributed by atoms with Crippen LogP contribution < -0.4 is 5.32 Å². The van der Waals surface area contributed by atoms with Crippen LogP contribution in [0.2, 0.25) is 0 Å². The molecule has 0 unspecified atom stereocenters. The maximum Gasteiger partial charge on any atom is 0.327 e. The summed E-state index contributed by atoms with van der Waals surface area (Å²) in [6.07, 6.45) is 1.88. The molecule has 0 saturated heterocycles. The number of nitrogens with zero attached hydrogens (tertiary/aromatic N) is 3. The fourth-order valence-corrected chi connectivity index (χ4v) is 3.33. The second kappa shape index (κ2) is 8.65. The smallest absolute Gasteiger partial charge is 0.327 e. The highest BCUT2D eigenvalue weighted by atomic mass is 16.5. The third kappa shape index (κ3) is 4.25. The molecule has 7 heteroatoms. The number of carbonyl (C=O) groups excluding carboxylic acids is 2. The van der Waals surface area contributed by atoms with Gasteiger partial charge in [0.2, 0.25) is 5.91 Å². The van der Waals surface area contributed by atoms with Gasteiger partial charge in [-0.1, -0.05) is 48.5 Å². The van der Waals surface area contributed by atoms with E-state index < -0.39 is 5.97 Å². The molecule has 4 rings (SSSR count). The molecule has 0 fully saturated rings. The molecule has 0 atom stereocenters. The van der Waals surface area contributed by atoms with Crippen molar-refractivity contribution in [1.29, 1.82) is 0 Å². The molecule has 0 radical (unpaired) electrons. The van der Waals surface area contributed by atoms with E-state index in [1.54, 1.807) is 13.0 Å². The van der Waals surface area contributed by atoms with Gasteiger partial charge in [-0.3, -0.25) is 9.59 Å². The van der Waals surface area contributed by atoms with Crippen molar-refractivity contribution < 1.29 is 14.3 Å². The van der Waals surface area contributed by atoms with Gasteiger partial charge in [0.05, 0.1) is 12.3 Å². The number of benzene rings is 2. The summed E-state index contributed by atoms with van der Waals surface area (Å²) in [5.74, 6) is -0.170. The van der Waals surface area contributed by atoms with Gasteiger partial charge >= 0.3 is 5.97 Å². The first-order valence-corrected chi connectivity index (χ1v) is 9.76. The number of anilines is 1. The quantitative estimate of drug-likeness (QED) is 0.478. The van der Waals surface area contributed by atoms with Crippen LogP contribution in [-0.2, 0) is 27.4 Å². The third-order valence-electron chi connectivity index (χ3n) is 4.70. The van der Waals surface area contributed by atoms with Crippen LogP contribution in [0.25, 0.3) is 22.2 Å². The predicted molar refractivity (Wildman–Crippen MR) is 115 cm³/mol. The normalized spacial score (nSPS) is 10.8. The third-order valence-corrected chi connectivity index (χ3v) is 4.70. The van der Waals surface area contributed by atoms with Crippen LogP contribution in [0.3, 0.4) is 0 Å². The van der Waals surface area contributed by atoms with Gasteiger partial charge in [0, 0.05) is 23.3 Å². The lowest BCUT2D eigenvalue weighted by atomic mass is 10.2. The molecule has 0 aliphatic rings. The van der Waals surface area contributed by atoms with Crippen LogP contribution in [0.15, 0.2) is 72.9 Å². The van der Waals surface area contributed by atoms with Crippen molar-refractivity contribution in [3.05, 3.63) is 72.9 Å². The molecule has 152 valence electrons. The Balaban J connectivity index is 1.57. The van der Waals surface area contributed by atoms with Gasteiger partial charge < -0.3 is 14.6 Å². The number of hydrogen-bond acceptors (Lipinski definition) is 4. The molecule has 0 aliphatic heterocycles. The fourth-order valence-electron chi connectivity index (χ4n) is 3.33. The molecule has 0 aliphatic carbocycles. The lowest BCUT2D eigenvalue weighted by molar-refractivity contribution is -0.144. The van der Waals surface area contributed by atoms with E-state index >= 15 is 0 Å². The molecule has 30 heavy (non-hydrogen) atoms. The summed E-state index contributed by atoms with van der Waals surface area (Å²) in [5, 5.41) is 8.45. The Kier molecular flexibility index (Phi) is 5.61. The predicted octanol–water partition coefficient (Wildman–Crippen LogP) is 3.71. The number of carbonyl (C=O) groups is 2. The highest BCUT2D eigenvalue weighted by molar-refractivity contribution is 5.92. The van der Waals surface area contributed by atoms with Crippen molar-refractivity contribution in [3.8, 4) is 11.3 Å². The summed E-state index contributed by atoms with van der Waals surface area (Å²) >= 11 is 0.